The number of fused-ring (bicyclic) bond motifs is 4. The number of ketones is 4. The average Bonchev–Trinajstić information content (AvgIpc) is 3.86. The minimum absolute atomic E-state index is 0.0794. The summed E-state index contributed by atoms with van der Waals surface area (Å²) < 4.78 is 81.2. The molecule has 2 unspecified atom stereocenters. The first-order valence-electron chi connectivity index (χ1n) is 29.1. The summed E-state index contributed by atoms with van der Waals surface area (Å²) in [6, 6.07) is 20.9. The zero-order valence-corrected chi connectivity index (χ0v) is 55.0. The second kappa shape index (κ2) is 39.0. The number of halogens is 1. The topological polar surface area (TPSA) is 327 Å². The third-order valence-corrected chi connectivity index (χ3v) is 14.3. The second-order valence-corrected chi connectivity index (χ2v) is 24.9. The Morgan fingerprint density at radius 2 is 0.783 bits per heavy atom. The molecule has 0 amide bonds. The molecular formula is C66H76ClNO22S2. The lowest BCUT2D eigenvalue weighted by Crippen LogP contribution is -2.31. The van der Waals surface area contributed by atoms with Crippen LogP contribution in [0.3, 0.4) is 0 Å². The fourth-order valence-electron chi connectivity index (χ4n) is 9.55. The van der Waals surface area contributed by atoms with Gasteiger partial charge in [-0.25, -0.2) is 18.0 Å². The zero-order chi connectivity index (χ0) is 68.7. The molecule has 0 heterocycles. The van der Waals surface area contributed by atoms with Crippen LogP contribution in [0.25, 0.3) is 0 Å². The number of carbonyl (C=O) groups is 6. The monoisotopic (exact) mass is 1330 g/mol. The molecule has 0 spiro atoms. The number of carbonyl (C=O) groups excluding carboxylic acids is 10. The van der Waals surface area contributed by atoms with E-state index in [-0.39, 0.29) is 99.0 Å². The molecule has 4 aliphatic carbocycles. The number of rotatable bonds is 23. The van der Waals surface area contributed by atoms with E-state index in [2.05, 4.69) is 36.4 Å². The van der Waals surface area contributed by atoms with E-state index >= 15 is 0 Å². The molecule has 0 fully saturated rings. The average molecular weight is 1330 g/mol. The molecule has 92 heavy (non-hydrogen) atoms. The molecule has 0 radical (unpaired) electrons. The number of aliphatic hydroxyl groups excluding tert-OH is 1. The van der Waals surface area contributed by atoms with Crippen molar-refractivity contribution in [1.29, 1.82) is 0 Å². The van der Waals surface area contributed by atoms with Crippen molar-refractivity contribution in [3.63, 3.8) is 0 Å². The van der Waals surface area contributed by atoms with E-state index in [4.69, 9.17) is 51.8 Å². The Morgan fingerprint density at radius 3 is 1.04 bits per heavy atom. The maximum atomic E-state index is 12.9. The SMILES string of the molecule is CCN(CC)CC.CCOC(=O)C1=CC(=O)c2c(cccc2OCC(COc2cccc3c2C(=O)C=C(CC)C3)OS(C)(=O)=O)C1.CCOC(=O)C1=CC(=O)c2c(cccc2OCC(O)COc2cccc3c2C(=O)C=C(CC)C3)C1.CS(=O)(=O)Cl.O=C=O.O=C=O. The number of hydrogen-bond acceptors (Lipinski definition) is 23. The van der Waals surface area contributed by atoms with Crippen LogP contribution < -0.4 is 18.9 Å². The number of aliphatic hydroxyl groups is 1. The molecule has 26 heteroatoms. The Balaban J connectivity index is 0.000000381. The lowest BCUT2D eigenvalue weighted by Gasteiger charge is -2.23. The molecule has 1 N–H and O–H groups in total. The number of hydrogen-bond donors (Lipinski definition) is 1. The van der Waals surface area contributed by atoms with Gasteiger partial charge in [0.2, 0.25) is 9.05 Å². The Kier molecular flexibility index (Phi) is 33.0. The van der Waals surface area contributed by atoms with Gasteiger partial charge in [-0.3, -0.25) is 23.4 Å². The quantitative estimate of drug-likeness (QED) is 0.0418. The van der Waals surface area contributed by atoms with Crippen molar-refractivity contribution in [2.24, 2.45) is 0 Å². The number of allylic oxidation sites excluding steroid dienone is 6. The third-order valence-electron chi connectivity index (χ3n) is 13.7. The Morgan fingerprint density at radius 1 is 0.500 bits per heavy atom. The standard InChI is InChI=1S/C29H30O9S.C28H28O7.C6H15N.CH3ClO2S.2CO2/c1-4-18-12-19-8-6-10-25(27(19)23(30)13-18)36-16-22(38-39(3,33)34)17-37-26-11-7-9-20-14-21(29(32)35-5-2)15-24(31)28(20)26;1-3-17-11-18-7-5-9-24(26(18)22(30)12-17)34-15-21(29)16-35-25-10-6-8-19-13-20(28(32)33-4-2)14-23(31)27(19)25;1-4-7(5-2)6-3;1-5(2,3)4;2*2-1-3/h6-11,13,15,22H,4-5,12,14,16-17H2,1-3H3;5-10,12,14,21,29H,3-4,11,13,15-16H2,1-2H3;4-6H2,1-3H3;1H3;;. The molecule has 0 bridgehead atoms. The molecule has 0 aliphatic heterocycles. The van der Waals surface area contributed by atoms with E-state index in [1.54, 1.807) is 80.6 Å². The highest BCUT2D eigenvalue weighted by atomic mass is 35.7. The Bertz CT molecular complexity index is 3680. The van der Waals surface area contributed by atoms with E-state index in [9.17, 15) is 50.7 Å². The molecule has 2 atom stereocenters. The van der Waals surface area contributed by atoms with Crippen LogP contribution in [-0.2, 0) is 87.3 Å². The number of nitrogens with zero attached hydrogens (tertiary/aromatic N) is 1. The van der Waals surface area contributed by atoms with Crippen LogP contribution in [-0.4, -0.2) is 158 Å². The van der Waals surface area contributed by atoms with E-state index in [1.165, 1.54) is 31.8 Å². The summed E-state index contributed by atoms with van der Waals surface area (Å²) in [5.74, 6) is -0.752. The van der Waals surface area contributed by atoms with Gasteiger partial charge in [-0.2, -0.15) is 27.6 Å². The summed E-state index contributed by atoms with van der Waals surface area (Å²) in [7, 11) is -2.58. The van der Waals surface area contributed by atoms with Gasteiger partial charge in [-0.05, 0) is 130 Å². The molecule has 4 aromatic rings. The van der Waals surface area contributed by atoms with Crippen molar-refractivity contribution in [1.82, 2.24) is 4.90 Å². The first-order valence-corrected chi connectivity index (χ1v) is 33.7. The van der Waals surface area contributed by atoms with Gasteiger partial charge in [0, 0.05) is 34.7 Å². The highest BCUT2D eigenvalue weighted by molar-refractivity contribution is 8.13. The molecule has 0 saturated heterocycles. The van der Waals surface area contributed by atoms with Gasteiger partial charge in [0.25, 0.3) is 10.1 Å². The highest BCUT2D eigenvalue weighted by Gasteiger charge is 2.30. The summed E-state index contributed by atoms with van der Waals surface area (Å²) >= 11 is 0. The molecule has 496 valence electrons. The molecule has 0 saturated carbocycles. The van der Waals surface area contributed by atoms with Crippen LogP contribution in [0.4, 0.5) is 0 Å². The van der Waals surface area contributed by atoms with Gasteiger partial charge in [0.1, 0.15) is 61.6 Å². The highest BCUT2D eigenvalue weighted by Crippen LogP contribution is 2.34. The van der Waals surface area contributed by atoms with Crippen LogP contribution in [0.5, 0.6) is 23.0 Å². The van der Waals surface area contributed by atoms with E-state index < -0.39 is 49.1 Å². The number of esters is 2. The fraction of sp³-hybridized carbons (Fsp3) is 0.394. The Hall–Kier alpha value is -8.51. The van der Waals surface area contributed by atoms with Crippen molar-refractivity contribution in [2.75, 3.05) is 71.8 Å². The summed E-state index contributed by atoms with van der Waals surface area (Å²) in [4.78, 5) is 110. The van der Waals surface area contributed by atoms with Crippen molar-refractivity contribution in [2.45, 2.75) is 99.2 Å². The lowest BCUT2D eigenvalue weighted by molar-refractivity contribution is -0.193. The second-order valence-electron chi connectivity index (χ2n) is 20.2. The summed E-state index contributed by atoms with van der Waals surface area (Å²) in [5.41, 5.74) is 7.31. The first-order chi connectivity index (χ1) is 43.7. The summed E-state index contributed by atoms with van der Waals surface area (Å²) in [6.45, 7) is 17.3. The van der Waals surface area contributed by atoms with E-state index in [0.29, 0.717) is 63.5 Å². The minimum Gasteiger partial charge on any atom is -0.490 e. The summed E-state index contributed by atoms with van der Waals surface area (Å²) in [5, 5.41) is 10.5. The van der Waals surface area contributed by atoms with Crippen LogP contribution in [0.1, 0.15) is 125 Å². The summed E-state index contributed by atoms with van der Waals surface area (Å²) in [6.07, 6.45) is 9.45. The molecule has 23 nitrogen and oxygen atoms in total. The van der Waals surface area contributed by atoms with Crippen molar-refractivity contribution in [3.05, 3.63) is 164 Å². The van der Waals surface area contributed by atoms with E-state index in [1.807, 2.05) is 32.0 Å². The van der Waals surface area contributed by atoms with Gasteiger partial charge in [-0.1, -0.05) is 94.3 Å². The maximum absolute atomic E-state index is 12.9. The zero-order valence-electron chi connectivity index (χ0n) is 52.7. The first kappa shape index (κ1) is 77.7. The van der Waals surface area contributed by atoms with Gasteiger partial charge in [-0.15, -0.1) is 0 Å². The van der Waals surface area contributed by atoms with Gasteiger partial charge < -0.3 is 38.4 Å². The van der Waals surface area contributed by atoms with Crippen LogP contribution in [0.15, 0.2) is 119 Å². The van der Waals surface area contributed by atoms with Crippen molar-refractivity contribution in [3.8, 4) is 23.0 Å². The third kappa shape index (κ3) is 25.3. The Labute approximate surface area is 539 Å². The molecule has 4 aromatic carbocycles. The molecular weight excluding hydrogens is 1260 g/mol. The van der Waals surface area contributed by atoms with Crippen LogP contribution in [0.2, 0.25) is 0 Å². The van der Waals surface area contributed by atoms with Crippen molar-refractivity contribution >= 4 is 77.2 Å². The molecule has 4 aliphatic rings. The predicted octanol–water partition coefficient (Wildman–Crippen LogP) is 7.97. The minimum atomic E-state index is -3.89. The largest absolute Gasteiger partial charge is 0.490 e. The van der Waals surface area contributed by atoms with Crippen molar-refractivity contribution < 1.29 is 102 Å². The van der Waals surface area contributed by atoms with Crippen LogP contribution in [0, 0.1) is 0 Å². The lowest BCUT2D eigenvalue weighted by atomic mass is 9.89. The predicted molar refractivity (Wildman–Crippen MR) is 336 cm³/mol. The normalized spacial score (nSPS) is 14.0. The smallest absolute Gasteiger partial charge is 0.373 e. The van der Waals surface area contributed by atoms with Gasteiger partial charge >= 0.3 is 24.2 Å². The maximum Gasteiger partial charge on any atom is 0.373 e. The molecule has 8 rings (SSSR count). The fourth-order valence-corrected chi connectivity index (χ4v) is 10.2. The van der Waals surface area contributed by atoms with Gasteiger partial charge in [0.05, 0.1) is 48.0 Å². The number of benzene rings is 4. The van der Waals surface area contributed by atoms with Crippen LogP contribution >= 0.6 is 10.7 Å². The van der Waals surface area contributed by atoms with Gasteiger partial charge in [0.15, 0.2) is 23.1 Å². The van der Waals surface area contributed by atoms with E-state index in [0.717, 1.165) is 47.6 Å². The number of ether oxygens (including phenoxy) is 6. The molecule has 0 aromatic heterocycles.